The molecule has 0 rings (SSSR count). The van der Waals surface area contributed by atoms with E-state index in [0.717, 1.165) is 0 Å². The molecule has 0 aromatic heterocycles. The molecule has 0 amide bonds. The van der Waals surface area contributed by atoms with E-state index >= 15 is 0 Å². The van der Waals surface area contributed by atoms with Crippen LogP contribution in [-0.2, 0) is 9.36 Å². The average Bonchev–Trinajstić information content (AvgIpc) is 1.85. The Labute approximate surface area is 54.1 Å². The van der Waals surface area contributed by atoms with E-state index < -0.39 is 8.53 Å². The molecule has 1 unspecified atom stereocenters. The smallest absolute Gasteiger partial charge is 0.351 e. The van der Waals surface area contributed by atoms with Crippen LogP contribution in [0.5, 0.6) is 0 Å². The summed E-state index contributed by atoms with van der Waals surface area (Å²) >= 11 is 0. The minimum Gasteiger partial charge on any atom is -0.360 e. The molecule has 0 saturated heterocycles. The molecular formula is C3H7N2O3P. The zero-order chi connectivity index (χ0) is 7.11. The third kappa shape index (κ3) is 5.47. The largest absolute Gasteiger partial charge is 0.360 e. The number of nitrogens with one attached hydrogen (secondary N) is 1. The predicted molar refractivity (Wildman–Crippen MR) is 30.6 cm³/mol. The first-order valence-electron chi connectivity index (χ1n) is 2.23. The molecule has 0 aromatic rings. The summed E-state index contributed by atoms with van der Waals surface area (Å²) in [6.45, 7) is 2.15. The maximum Gasteiger partial charge on any atom is 0.351 e. The van der Waals surface area contributed by atoms with Crippen LogP contribution in [-0.4, -0.2) is 11.5 Å². The Bertz CT molecular complexity index is 104. The van der Waals surface area contributed by atoms with E-state index in [1.165, 1.54) is 6.26 Å². The predicted octanol–water partition coefficient (Wildman–Crippen LogP) is 0.244. The summed E-state index contributed by atoms with van der Waals surface area (Å²) in [5.41, 5.74) is 0. The lowest BCUT2D eigenvalue weighted by molar-refractivity contribution is 0.0942. The van der Waals surface area contributed by atoms with Crippen LogP contribution < -0.4 is 5.25 Å². The molecule has 0 fully saturated rings. The number of hydrogen-bond donors (Lipinski definition) is 2. The summed E-state index contributed by atoms with van der Waals surface area (Å²) in [5, 5.41) is 9.93. The molecule has 0 aliphatic rings. The topological polar surface area (TPSA) is 74.5 Å². The van der Waals surface area contributed by atoms with Gasteiger partial charge < -0.3 is 9.42 Å². The maximum atomic E-state index is 8.56. The van der Waals surface area contributed by atoms with E-state index in [1.807, 2.05) is 0 Å². The fourth-order valence-electron chi connectivity index (χ4n) is 0.177. The van der Waals surface area contributed by atoms with Crippen LogP contribution in [0.1, 0.15) is 6.92 Å². The first-order valence-corrected chi connectivity index (χ1v) is 3.45. The second-order valence-electron chi connectivity index (χ2n) is 0.980. The summed E-state index contributed by atoms with van der Waals surface area (Å²) in [6, 6.07) is 0. The lowest BCUT2D eigenvalue weighted by Gasteiger charge is -2.04. The Morgan fingerprint density at radius 1 is 1.89 bits per heavy atom. The number of rotatable bonds is 4. The van der Waals surface area contributed by atoms with Gasteiger partial charge in [-0.05, 0) is 6.92 Å². The van der Waals surface area contributed by atoms with Gasteiger partial charge in [-0.15, -0.1) is 10.5 Å². The molecule has 6 heteroatoms. The number of hydrogen-bond acceptors (Lipinski definition) is 5. The highest BCUT2D eigenvalue weighted by atomic mass is 31.2. The second kappa shape index (κ2) is 5.73. The van der Waals surface area contributed by atoms with Crippen LogP contribution in [0.3, 0.4) is 0 Å². The highest BCUT2D eigenvalue weighted by Gasteiger charge is 2.02. The van der Waals surface area contributed by atoms with Crippen molar-refractivity contribution in [2.75, 3.05) is 6.61 Å². The van der Waals surface area contributed by atoms with Crippen molar-refractivity contribution in [2.45, 2.75) is 6.92 Å². The Kier molecular flexibility index (Phi) is 5.48. The van der Waals surface area contributed by atoms with E-state index in [-0.39, 0.29) is 0 Å². The van der Waals surface area contributed by atoms with Gasteiger partial charge in [0.2, 0.25) is 0 Å². The molecule has 0 radical (unpaired) electrons. The molecule has 0 spiro atoms. The Morgan fingerprint density at radius 3 is 3.00 bits per heavy atom. The van der Waals surface area contributed by atoms with E-state index in [0.29, 0.717) is 6.61 Å². The van der Waals surface area contributed by atoms with E-state index in [4.69, 9.17) is 10.2 Å². The molecule has 0 heterocycles. The van der Waals surface area contributed by atoms with Crippen molar-refractivity contribution in [1.29, 1.82) is 5.26 Å². The van der Waals surface area contributed by atoms with Gasteiger partial charge in [-0.2, -0.15) is 0 Å². The van der Waals surface area contributed by atoms with Crippen molar-refractivity contribution in [3.63, 3.8) is 0 Å². The summed E-state index contributed by atoms with van der Waals surface area (Å²) in [5.74, 6) is 0. The third-order valence-corrected chi connectivity index (χ3v) is 0.954. The van der Waals surface area contributed by atoms with Crippen LogP contribution in [0, 0.1) is 11.5 Å². The van der Waals surface area contributed by atoms with Crippen LogP contribution in [0.25, 0.3) is 0 Å². The average molecular weight is 150 g/mol. The van der Waals surface area contributed by atoms with Gasteiger partial charge in [-0.25, -0.2) is 0 Å². The summed E-state index contributed by atoms with van der Waals surface area (Å²) in [6.07, 6.45) is 1.31. The van der Waals surface area contributed by atoms with Crippen molar-refractivity contribution < 1.29 is 14.3 Å². The van der Waals surface area contributed by atoms with Gasteiger partial charge in [0.15, 0.2) is 0 Å². The normalized spacial score (nSPS) is 12.1. The minimum absolute atomic E-state index is 0.411. The fraction of sp³-hybridized carbons (Fsp3) is 0.667. The van der Waals surface area contributed by atoms with Crippen molar-refractivity contribution in [1.82, 2.24) is 5.25 Å². The minimum atomic E-state index is -1.92. The lowest BCUT2D eigenvalue weighted by atomic mass is 10.9. The molecular weight excluding hydrogens is 143 g/mol. The molecule has 0 saturated carbocycles. The van der Waals surface area contributed by atoms with Crippen LogP contribution in [0.4, 0.5) is 0 Å². The van der Waals surface area contributed by atoms with Gasteiger partial charge in [0, 0.05) is 0 Å². The highest BCUT2D eigenvalue weighted by Crippen LogP contribution is 2.23. The molecule has 0 aromatic carbocycles. The van der Waals surface area contributed by atoms with Crippen LogP contribution in [0.15, 0.2) is 0 Å². The van der Waals surface area contributed by atoms with Gasteiger partial charge in [0.05, 0.1) is 6.61 Å². The van der Waals surface area contributed by atoms with E-state index in [1.54, 1.807) is 6.92 Å². The second-order valence-corrected chi connectivity index (χ2v) is 1.89. The van der Waals surface area contributed by atoms with E-state index in [2.05, 4.69) is 14.6 Å². The first-order chi connectivity index (χ1) is 4.31. The molecule has 0 aliphatic heterocycles. The van der Waals surface area contributed by atoms with Gasteiger partial charge >= 0.3 is 8.53 Å². The lowest BCUT2D eigenvalue weighted by Crippen LogP contribution is -2.07. The maximum absolute atomic E-state index is 8.56. The van der Waals surface area contributed by atoms with E-state index in [9.17, 15) is 0 Å². The van der Waals surface area contributed by atoms with Gasteiger partial charge in [0.25, 0.3) is 6.26 Å². The summed E-state index contributed by atoms with van der Waals surface area (Å²) in [7, 11) is -1.92. The van der Waals surface area contributed by atoms with Crippen molar-refractivity contribution >= 4 is 8.53 Å². The van der Waals surface area contributed by atoms with Crippen molar-refractivity contribution in [3.05, 3.63) is 0 Å². The third-order valence-electron chi connectivity index (χ3n) is 0.414. The Morgan fingerprint density at radius 2 is 2.56 bits per heavy atom. The number of nitriles is 1. The van der Waals surface area contributed by atoms with Crippen LogP contribution >= 0.6 is 8.53 Å². The number of nitrogens with zero attached hydrogens (tertiary/aromatic N) is 1. The fourth-order valence-corrected chi connectivity index (χ4v) is 0.531. The Balaban J connectivity index is 3.08. The monoisotopic (exact) mass is 150 g/mol. The Hall–Kier alpha value is -0.400. The van der Waals surface area contributed by atoms with Gasteiger partial charge in [-0.3, -0.25) is 4.84 Å². The molecule has 52 valence electrons. The summed E-state index contributed by atoms with van der Waals surface area (Å²) in [4.78, 5) is 13.1. The zero-order valence-electron chi connectivity index (χ0n) is 4.87. The molecule has 1 atom stereocenters. The molecule has 0 bridgehead atoms. The van der Waals surface area contributed by atoms with Crippen molar-refractivity contribution in [2.24, 2.45) is 0 Å². The van der Waals surface area contributed by atoms with Crippen LogP contribution in [0.2, 0.25) is 0 Å². The molecule has 2 N–H and O–H groups in total. The quantitative estimate of drug-likeness (QED) is 0.341. The zero-order valence-corrected chi connectivity index (χ0v) is 5.76. The first kappa shape index (κ1) is 8.60. The standard InChI is InChI=1S/C3H7N2O3P/c1-2-7-5-9(6)8-3-4/h5-6H,2H2,1H3. The molecule has 0 aliphatic carbocycles. The SMILES string of the molecule is CCONP(O)OC#N. The molecule has 5 nitrogen and oxygen atoms in total. The summed E-state index contributed by atoms with van der Waals surface area (Å²) < 4.78 is 4.03. The van der Waals surface area contributed by atoms with Gasteiger partial charge in [-0.1, -0.05) is 0 Å². The van der Waals surface area contributed by atoms with Crippen molar-refractivity contribution in [3.8, 4) is 6.26 Å². The van der Waals surface area contributed by atoms with Gasteiger partial charge in [0.1, 0.15) is 0 Å². The highest BCUT2D eigenvalue weighted by molar-refractivity contribution is 7.43. The molecule has 9 heavy (non-hydrogen) atoms.